The molecule has 7 atom stereocenters. The van der Waals surface area contributed by atoms with Gasteiger partial charge in [-0.25, -0.2) is 0 Å². The molecule has 0 spiro atoms. The molecule has 0 radical (unpaired) electrons. The molecular formula is C18H34N2O6. The lowest BCUT2D eigenvalue weighted by molar-refractivity contribution is -0.195. The summed E-state index contributed by atoms with van der Waals surface area (Å²) in [5, 5.41) is 44.8. The smallest absolute Gasteiger partial charge is 0.237 e. The number of carbonyl (C=O) groups excluding carboxylic acids is 1. The largest absolute Gasteiger partial charge is 0.396 e. The lowest BCUT2D eigenvalue weighted by Crippen LogP contribution is -2.61. The normalized spacial score (nSPS) is 37.0. The number of ether oxygens (including phenoxy) is 1. The van der Waals surface area contributed by atoms with Gasteiger partial charge in [0.2, 0.25) is 5.91 Å². The average Bonchev–Trinajstić information content (AvgIpc) is 2.88. The van der Waals surface area contributed by atoms with Gasteiger partial charge in [-0.05, 0) is 51.0 Å². The predicted molar refractivity (Wildman–Crippen MR) is 95.4 cm³/mol. The van der Waals surface area contributed by atoms with Gasteiger partial charge in [0.25, 0.3) is 0 Å². The van der Waals surface area contributed by atoms with Crippen molar-refractivity contribution in [2.75, 3.05) is 19.8 Å². The number of amides is 1. The molecule has 26 heavy (non-hydrogen) atoms. The Morgan fingerprint density at radius 3 is 2.69 bits per heavy atom. The maximum absolute atomic E-state index is 12.7. The summed E-state index contributed by atoms with van der Waals surface area (Å²) in [5.41, 5.74) is 0. The van der Waals surface area contributed by atoms with E-state index in [4.69, 9.17) is 9.84 Å². The van der Waals surface area contributed by atoms with Crippen molar-refractivity contribution in [3.05, 3.63) is 0 Å². The molecule has 2 aliphatic rings. The zero-order chi connectivity index (χ0) is 19.1. The summed E-state index contributed by atoms with van der Waals surface area (Å²) in [6.07, 6.45) is 0.605. The van der Waals surface area contributed by atoms with E-state index in [0.29, 0.717) is 12.3 Å². The van der Waals surface area contributed by atoms with Crippen LogP contribution in [0.4, 0.5) is 0 Å². The molecule has 2 rings (SSSR count). The Kier molecular flexibility index (Phi) is 8.72. The lowest BCUT2D eigenvalue weighted by Gasteiger charge is -2.39. The first kappa shape index (κ1) is 21.5. The molecule has 2 heterocycles. The molecule has 6 N–H and O–H groups in total. The average molecular weight is 374 g/mol. The fraction of sp³-hybridized carbons (Fsp3) is 0.944. The van der Waals surface area contributed by atoms with Crippen LogP contribution in [0.3, 0.4) is 0 Å². The van der Waals surface area contributed by atoms with E-state index in [1.165, 1.54) is 0 Å². The van der Waals surface area contributed by atoms with E-state index in [-0.39, 0.29) is 25.2 Å². The molecule has 2 saturated heterocycles. The summed E-state index contributed by atoms with van der Waals surface area (Å²) in [5.74, 6) is 0.394. The molecule has 0 bridgehead atoms. The van der Waals surface area contributed by atoms with Gasteiger partial charge in [-0.2, -0.15) is 0 Å². The summed E-state index contributed by atoms with van der Waals surface area (Å²) < 4.78 is 5.48. The van der Waals surface area contributed by atoms with Gasteiger partial charge < -0.3 is 35.8 Å². The van der Waals surface area contributed by atoms with E-state index in [9.17, 15) is 20.1 Å². The highest BCUT2D eigenvalue weighted by molar-refractivity contribution is 5.82. The van der Waals surface area contributed by atoms with Gasteiger partial charge in [-0.15, -0.1) is 0 Å². The SMILES string of the molecule is CC[C@@H](NC(=O)[C@@H]1CC[C@H](CCCO)CCN1)[C@H]1OC[C@H](O)[C@@H](O)[C@H]1O. The van der Waals surface area contributed by atoms with E-state index >= 15 is 0 Å². The molecule has 8 nitrogen and oxygen atoms in total. The molecule has 152 valence electrons. The van der Waals surface area contributed by atoms with Crippen LogP contribution in [0.2, 0.25) is 0 Å². The van der Waals surface area contributed by atoms with Gasteiger partial charge in [0.1, 0.15) is 24.4 Å². The Balaban J connectivity index is 1.88. The van der Waals surface area contributed by atoms with Crippen LogP contribution in [0, 0.1) is 5.92 Å². The second kappa shape index (κ2) is 10.5. The Morgan fingerprint density at radius 2 is 2.00 bits per heavy atom. The van der Waals surface area contributed by atoms with E-state index in [2.05, 4.69) is 10.6 Å². The number of hydrogen-bond acceptors (Lipinski definition) is 7. The summed E-state index contributed by atoms with van der Waals surface area (Å²) >= 11 is 0. The number of rotatable bonds is 7. The van der Waals surface area contributed by atoms with Gasteiger partial charge in [0, 0.05) is 6.61 Å². The fourth-order valence-electron chi connectivity index (χ4n) is 3.89. The first-order valence-electron chi connectivity index (χ1n) is 9.78. The van der Waals surface area contributed by atoms with Gasteiger partial charge in [0.05, 0.1) is 18.7 Å². The zero-order valence-corrected chi connectivity index (χ0v) is 15.5. The van der Waals surface area contributed by atoms with Crippen molar-refractivity contribution >= 4 is 5.91 Å². The predicted octanol–water partition coefficient (Wildman–Crippen LogP) is -1.11. The highest BCUT2D eigenvalue weighted by Gasteiger charge is 2.41. The summed E-state index contributed by atoms with van der Waals surface area (Å²) in [6.45, 7) is 2.78. The third-order valence-electron chi connectivity index (χ3n) is 5.60. The molecule has 2 aliphatic heterocycles. The minimum Gasteiger partial charge on any atom is -0.396 e. The van der Waals surface area contributed by atoms with E-state index in [0.717, 1.165) is 38.6 Å². The summed E-state index contributed by atoms with van der Waals surface area (Å²) in [4.78, 5) is 12.7. The van der Waals surface area contributed by atoms with Crippen molar-refractivity contribution in [2.24, 2.45) is 5.92 Å². The number of nitrogens with one attached hydrogen (secondary N) is 2. The molecule has 0 aromatic heterocycles. The fourth-order valence-corrected chi connectivity index (χ4v) is 3.89. The van der Waals surface area contributed by atoms with Gasteiger partial charge >= 0.3 is 0 Å². The minimum absolute atomic E-state index is 0.0660. The van der Waals surface area contributed by atoms with Crippen molar-refractivity contribution in [3.8, 4) is 0 Å². The maximum Gasteiger partial charge on any atom is 0.237 e. The molecule has 0 aromatic rings. The Labute approximate surface area is 154 Å². The standard InChI is InChI=1S/C18H34N2O6/c1-2-12(17-16(24)15(23)14(22)10-26-17)20-18(25)13-6-5-11(4-3-9-21)7-8-19-13/h11-17,19,21-24H,2-10H2,1H3,(H,20,25)/t11-,12+,13-,14-,15+,16+,17+/m0/s1. The topological polar surface area (TPSA) is 131 Å². The number of carbonyl (C=O) groups is 1. The molecule has 0 aliphatic carbocycles. The van der Waals surface area contributed by atoms with Crippen LogP contribution in [-0.4, -0.2) is 82.6 Å². The Morgan fingerprint density at radius 1 is 1.23 bits per heavy atom. The first-order valence-corrected chi connectivity index (χ1v) is 9.78. The van der Waals surface area contributed by atoms with Crippen LogP contribution in [0.25, 0.3) is 0 Å². The monoisotopic (exact) mass is 374 g/mol. The third kappa shape index (κ3) is 5.61. The van der Waals surface area contributed by atoms with Crippen LogP contribution >= 0.6 is 0 Å². The van der Waals surface area contributed by atoms with E-state index in [1.807, 2.05) is 6.92 Å². The van der Waals surface area contributed by atoms with Gasteiger partial charge in [-0.1, -0.05) is 6.92 Å². The Bertz CT molecular complexity index is 438. The second-order valence-corrected chi connectivity index (χ2v) is 7.47. The van der Waals surface area contributed by atoms with Gasteiger partial charge in [-0.3, -0.25) is 4.79 Å². The number of hydrogen-bond donors (Lipinski definition) is 6. The minimum atomic E-state index is -1.28. The highest BCUT2D eigenvalue weighted by atomic mass is 16.5. The van der Waals surface area contributed by atoms with Crippen molar-refractivity contribution in [1.29, 1.82) is 0 Å². The van der Waals surface area contributed by atoms with E-state index < -0.39 is 30.5 Å². The quantitative estimate of drug-likeness (QED) is 0.333. The van der Waals surface area contributed by atoms with Crippen LogP contribution in [0.15, 0.2) is 0 Å². The molecule has 0 aromatic carbocycles. The van der Waals surface area contributed by atoms with Gasteiger partial charge in [0.15, 0.2) is 0 Å². The van der Waals surface area contributed by atoms with Crippen molar-refractivity contribution < 1.29 is 30.0 Å². The first-order chi connectivity index (χ1) is 12.5. The second-order valence-electron chi connectivity index (χ2n) is 7.47. The molecule has 2 fully saturated rings. The highest BCUT2D eigenvalue weighted by Crippen LogP contribution is 2.23. The Hall–Kier alpha value is -0.770. The zero-order valence-electron chi connectivity index (χ0n) is 15.5. The molecule has 8 heteroatoms. The van der Waals surface area contributed by atoms with Crippen molar-refractivity contribution in [2.45, 2.75) is 81.9 Å². The van der Waals surface area contributed by atoms with Crippen LogP contribution in [0.5, 0.6) is 0 Å². The van der Waals surface area contributed by atoms with E-state index in [1.54, 1.807) is 0 Å². The summed E-state index contributed by atoms with van der Waals surface area (Å²) in [6, 6.07) is -0.727. The number of aliphatic hydroxyl groups excluding tert-OH is 4. The molecule has 1 amide bonds. The molecule has 0 saturated carbocycles. The lowest BCUT2D eigenvalue weighted by atomic mass is 9.92. The molecular weight excluding hydrogens is 340 g/mol. The van der Waals surface area contributed by atoms with Crippen molar-refractivity contribution in [3.63, 3.8) is 0 Å². The van der Waals surface area contributed by atoms with Crippen LogP contribution in [0.1, 0.15) is 45.4 Å². The van der Waals surface area contributed by atoms with Crippen LogP contribution in [-0.2, 0) is 9.53 Å². The van der Waals surface area contributed by atoms with Crippen molar-refractivity contribution in [1.82, 2.24) is 10.6 Å². The maximum atomic E-state index is 12.7. The number of aliphatic hydroxyl groups is 4. The third-order valence-corrected chi connectivity index (χ3v) is 5.60. The molecule has 0 unspecified atom stereocenters. The summed E-state index contributed by atoms with van der Waals surface area (Å²) in [7, 11) is 0. The van der Waals surface area contributed by atoms with Crippen LogP contribution < -0.4 is 10.6 Å².